The zero-order valence-corrected chi connectivity index (χ0v) is 11.0. The van der Waals surface area contributed by atoms with Gasteiger partial charge in [0, 0.05) is 6.04 Å². The number of benzene rings is 1. The molecule has 16 heavy (non-hydrogen) atoms. The lowest BCUT2D eigenvalue weighted by atomic mass is 9.91. The van der Waals surface area contributed by atoms with Gasteiger partial charge in [-0.3, -0.25) is 0 Å². The molecule has 2 N–H and O–H groups in total. The van der Waals surface area contributed by atoms with Gasteiger partial charge in [-0.2, -0.15) is 0 Å². The molecule has 1 aromatic rings. The molecule has 0 aromatic heterocycles. The van der Waals surface area contributed by atoms with Crippen LogP contribution in [0.4, 0.5) is 0 Å². The maximum atomic E-state index is 6.24. The van der Waals surface area contributed by atoms with Gasteiger partial charge in [0.05, 0.1) is 7.11 Å². The molecule has 1 aromatic carbocycles. The highest BCUT2D eigenvalue weighted by Crippen LogP contribution is 2.29. The molecule has 90 valence electrons. The van der Waals surface area contributed by atoms with E-state index >= 15 is 0 Å². The molecule has 1 rings (SSSR count). The first-order valence-corrected chi connectivity index (χ1v) is 5.92. The summed E-state index contributed by atoms with van der Waals surface area (Å²) in [6.07, 6.45) is 1.10. The van der Waals surface area contributed by atoms with Crippen LogP contribution in [-0.2, 0) is 0 Å². The molecule has 0 fully saturated rings. The lowest BCUT2D eigenvalue weighted by Crippen LogP contribution is -2.18. The fourth-order valence-corrected chi connectivity index (χ4v) is 2.08. The summed E-state index contributed by atoms with van der Waals surface area (Å²) < 4.78 is 5.36. The summed E-state index contributed by atoms with van der Waals surface area (Å²) in [7, 11) is 1.71. The Morgan fingerprint density at radius 1 is 1.25 bits per heavy atom. The van der Waals surface area contributed by atoms with Crippen molar-refractivity contribution in [3.05, 3.63) is 28.8 Å². The standard InChI is InChI=1S/C14H23NO/c1-6-9(2)13(15)12-7-10(3)14(16-5)11(4)8-12/h7-9,13H,6,15H2,1-5H3/t9?,13-/m1/s1. The third kappa shape index (κ3) is 2.56. The molecule has 2 heteroatoms. The predicted molar refractivity (Wildman–Crippen MR) is 68.9 cm³/mol. The summed E-state index contributed by atoms with van der Waals surface area (Å²) in [5.74, 6) is 1.48. The Morgan fingerprint density at radius 2 is 1.75 bits per heavy atom. The maximum absolute atomic E-state index is 6.24. The summed E-state index contributed by atoms with van der Waals surface area (Å²) in [5, 5.41) is 0. The Bertz CT molecular complexity index is 337. The van der Waals surface area contributed by atoms with Gasteiger partial charge in [-0.25, -0.2) is 0 Å². The molecular formula is C14H23NO. The molecule has 0 saturated carbocycles. The minimum absolute atomic E-state index is 0.119. The van der Waals surface area contributed by atoms with Crippen LogP contribution in [0.5, 0.6) is 5.75 Å². The van der Waals surface area contributed by atoms with E-state index in [1.807, 2.05) is 0 Å². The third-order valence-corrected chi connectivity index (χ3v) is 3.33. The second-order valence-corrected chi connectivity index (χ2v) is 4.60. The molecule has 0 amide bonds. The summed E-state index contributed by atoms with van der Waals surface area (Å²) in [6.45, 7) is 8.50. The Labute approximate surface area is 98.8 Å². The van der Waals surface area contributed by atoms with Crippen molar-refractivity contribution in [3.8, 4) is 5.75 Å². The Hall–Kier alpha value is -1.02. The molecule has 0 aliphatic carbocycles. The van der Waals surface area contributed by atoms with Crippen LogP contribution < -0.4 is 10.5 Å². The quantitative estimate of drug-likeness (QED) is 0.846. The van der Waals surface area contributed by atoms with Crippen molar-refractivity contribution in [1.29, 1.82) is 0 Å². The molecule has 2 atom stereocenters. The molecule has 1 unspecified atom stereocenters. The van der Waals surface area contributed by atoms with Gasteiger partial charge in [-0.15, -0.1) is 0 Å². The van der Waals surface area contributed by atoms with Crippen LogP contribution in [0.15, 0.2) is 12.1 Å². The molecule has 0 aliphatic rings. The van der Waals surface area contributed by atoms with Gasteiger partial charge in [0.25, 0.3) is 0 Å². The highest BCUT2D eigenvalue weighted by atomic mass is 16.5. The second kappa shape index (κ2) is 5.35. The summed E-state index contributed by atoms with van der Waals surface area (Å²) in [4.78, 5) is 0. The molecule has 0 spiro atoms. The van der Waals surface area contributed by atoms with Gasteiger partial charge in [0.1, 0.15) is 5.75 Å². The van der Waals surface area contributed by atoms with Crippen molar-refractivity contribution in [1.82, 2.24) is 0 Å². The molecule has 0 saturated heterocycles. The molecule has 0 bridgehead atoms. The van der Waals surface area contributed by atoms with E-state index in [1.54, 1.807) is 7.11 Å². The summed E-state index contributed by atoms with van der Waals surface area (Å²) in [5.41, 5.74) is 9.78. The highest BCUT2D eigenvalue weighted by Gasteiger charge is 2.15. The van der Waals surface area contributed by atoms with E-state index < -0.39 is 0 Å². The normalized spacial score (nSPS) is 14.6. The summed E-state index contributed by atoms with van der Waals surface area (Å²) >= 11 is 0. The van der Waals surface area contributed by atoms with E-state index in [1.165, 1.54) is 5.56 Å². The largest absolute Gasteiger partial charge is 0.496 e. The first kappa shape index (κ1) is 13.0. The first-order valence-electron chi connectivity index (χ1n) is 5.92. The molecule has 2 nitrogen and oxygen atoms in total. The van der Waals surface area contributed by atoms with Crippen LogP contribution in [0, 0.1) is 19.8 Å². The minimum atomic E-state index is 0.119. The highest BCUT2D eigenvalue weighted by molar-refractivity contribution is 5.44. The Balaban J connectivity index is 3.08. The number of nitrogens with two attached hydrogens (primary N) is 1. The number of hydrogen-bond acceptors (Lipinski definition) is 2. The molecule has 0 aliphatic heterocycles. The van der Waals surface area contributed by atoms with Gasteiger partial charge in [-0.05, 0) is 36.5 Å². The average molecular weight is 221 g/mol. The van der Waals surface area contributed by atoms with Gasteiger partial charge < -0.3 is 10.5 Å². The average Bonchev–Trinajstić information content (AvgIpc) is 2.26. The fraction of sp³-hybridized carbons (Fsp3) is 0.571. The van der Waals surface area contributed by atoms with Crippen molar-refractivity contribution < 1.29 is 4.74 Å². The van der Waals surface area contributed by atoms with E-state index in [0.717, 1.165) is 23.3 Å². The smallest absolute Gasteiger partial charge is 0.124 e. The first-order chi connectivity index (χ1) is 7.51. The van der Waals surface area contributed by atoms with E-state index in [2.05, 4.69) is 39.8 Å². The lowest BCUT2D eigenvalue weighted by molar-refractivity contribution is 0.407. The molecular weight excluding hydrogens is 198 g/mol. The van der Waals surface area contributed by atoms with Crippen LogP contribution in [0.1, 0.15) is 43.0 Å². The maximum Gasteiger partial charge on any atom is 0.124 e. The van der Waals surface area contributed by atoms with E-state index in [4.69, 9.17) is 10.5 Å². The van der Waals surface area contributed by atoms with Crippen LogP contribution in [0.2, 0.25) is 0 Å². The zero-order chi connectivity index (χ0) is 12.3. The van der Waals surface area contributed by atoms with E-state index in [9.17, 15) is 0 Å². The van der Waals surface area contributed by atoms with E-state index in [0.29, 0.717) is 5.92 Å². The van der Waals surface area contributed by atoms with Crippen molar-refractivity contribution in [2.75, 3.05) is 7.11 Å². The third-order valence-electron chi connectivity index (χ3n) is 3.33. The van der Waals surface area contributed by atoms with Crippen molar-refractivity contribution >= 4 is 0 Å². The van der Waals surface area contributed by atoms with Gasteiger partial charge in [-0.1, -0.05) is 32.4 Å². The van der Waals surface area contributed by atoms with Crippen molar-refractivity contribution in [2.45, 2.75) is 40.2 Å². The topological polar surface area (TPSA) is 35.2 Å². The van der Waals surface area contributed by atoms with Crippen molar-refractivity contribution in [3.63, 3.8) is 0 Å². The number of methoxy groups -OCH3 is 1. The fourth-order valence-electron chi connectivity index (χ4n) is 2.08. The molecule has 0 radical (unpaired) electrons. The zero-order valence-electron chi connectivity index (χ0n) is 11.0. The number of rotatable bonds is 4. The SMILES string of the molecule is CCC(C)[C@@H](N)c1cc(C)c(OC)c(C)c1. The second-order valence-electron chi connectivity index (χ2n) is 4.60. The van der Waals surface area contributed by atoms with Gasteiger partial charge in [0.15, 0.2) is 0 Å². The van der Waals surface area contributed by atoms with Crippen LogP contribution >= 0.6 is 0 Å². The van der Waals surface area contributed by atoms with Crippen LogP contribution in [0.3, 0.4) is 0 Å². The summed E-state index contributed by atoms with van der Waals surface area (Å²) in [6, 6.07) is 4.40. The predicted octanol–water partition coefficient (Wildman–Crippen LogP) is 3.36. The number of aryl methyl sites for hydroxylation is 2. The Morgan fingerprint density at radius 3 is 2.12 bits per heavy atom. The minimum Gasteiger partial charge on any atom is -0.496 e. The Kier molecular flexibility index (Phi) is 4.36. The number of hydrogen-bond donors (Lipinski definition) is 1. The van der Waals surface area contributed by atoms with Crippen molar-refractivity contribution in [2.24, 2.45) is 11.7 Å². The van der Waals surface area contributed by atoms with E-state index in [-0.39, 0.29) is 6.04 Å². The van der Waals surface area contributed by atoms with Crippen LogP contribution in [-0.4, -0.2) is 7.11 Å². The monoisotopic (exact) mass is 221 g/mol. The molecule has 0 heterocycles. The lowest BCUT2D eigenvalue weighted by Gasteiger charge is -2.21. The van der Waals surface area contributed by atoms with Gasteiger partial charge >= 0.3 is 0 Å². The number of ether oxygens (including phenoxy) is 1. The van der Waals surface area contributed by atoms with Crippen LogP contribution in [0.25, 0.3) is 0 Å². The van der Waals surface area contributed by atoms with Gasteiger partial charge in [0.2, 0.25) is 0 Å².